The van der Waals surface area contributed by atoms with Crippen molar-refractivity contribution in [2.24, 2.45) is 5.73 Å². The van der Waals surface area contributed by atoms with E-state index in [2.05, 4.69) is 6.92 Å². The average molecular weight is 256 g/mol. The quantitative estimate of drug-likeness (QED) is 0.793. The molecule has 0 aromatic carbocycles. The summed E-state index contributed by atoms with van der Waals surface area (Å²) in [5.41, 5.74) is 6.11. The zero-order chi connectivity index (χ0) is 14.2. The van der Waals surface area contributed by atoms with Gasteiger partial charge in [-0.15, -0.1) is 0 Å². The maximum absolute atomic E-state index is 12.0. The van der Waals surface area contributed by atoms with E-state index in [0.29, 0.717) is 13.1 Å². The van der Waals surface area contributed by atoms with Gasteiger partial charge in [-0.05, 0) is 39.7 Å². The molecule has 0 bridgehead atoms. The van der Waals surface area contributed by atoms with Gasteiger partial charge in [0.05, 0.1) is 0 Å². The Morgan fingerprint density at radius 3 is 2.39 bits per heavy atom. The number of hydrogen-bond donors (Lipinski definition) is 1. The molecular formula is C14H28N2O2. The predicted octanol–water partition coefficient (Wildman–Crippen LogP) is 3.28. The van der Waals surface area contributed by atoms with Crippen molar-refractivity contribution in [1.82, 2.24) is 4.90 Å². The fourth-order valence-corrected chi connectivity index (χ4v) is 1.30. The first kappa shape index (κ1) is 16.8. The first-order valence-electron chi connectivity index (χ1n) is 6.72. The van der Waals surface area contributed by atoms with Crippen molar-refractivity contribution in [2.75, 3.05) is 13.1 Å². The fraction of sp³-hybridized carbons (Fsp3) is 0.786. The van der Waals surface area contributed by atoms with Gasteiger partial charge in [-0.25, -0.2) is 4.79 Å². The SMILES string of the molecule is CCCCN(C/C=C(/N)CC)C(=O)OC(C)(C)C. The second-order valence-corrected chi connectivity index (χ2v) is 5.41. The molecule has 0 heterocycles. The van der Waals surface area contributed by atoms with E-state index >= 15 is 0 Å². The Labute approximate surface area is 111 Å². The van der Waals surface area contributed by atoms with E-state index in [1.807, 2.05) is 33.8 Å². The molecule has 0 rings (SSSR count). The van der Waals surface area contributed by atoms with E-state index < -0.39 is 5.60 Å². The van der Waals surface area contributed by atoms with Crippen LogP contribution in [0.3, 0.4) is 0 Å². The summed E-state index contributed by atoms with van der Waals surface area (Å²) in [6, 6.07) is 0. The van der Waals surface area contributed by atoms with Gasteiger partial charge in [-0.2, -0.15) is 0 Å². The maximum Gasteiger partial charge on any atom is 0.410 e. The lowest BCUT2D eigenvalue weighted by Crippen LogP contribution is -2.37. The third kappa shape index (κ3) is 7.98. The van der Waals surface area contributed by atoms with Crippen molar-refractivity contribution in [3.05, 3.63) is 11.8 Å². The predicted molar refractivity (Wildman–Crippen MR) is 75.3 cm³/mol. The molecule has 0 spiro atoms. The number of rotatable bonds is 6. The Hall–Kier alpha value is -1.19. The summed E-state index contributed by atoms with van der Waals surface area (Å²) in [5.74, 6) is 0. The Kier molecular flexibility index (Phi) is 7.48. The highest BCUT2D eigenvalue weighted by Crippen LogP contribution is 2.11. The molecule has 0 radical (unpaired) electrons. The number of amides is 1. The highest BCUT2D eigenvalue weighted by molar-refractivity contribution is 5.68. The van der Waals surface area contributed by atoms with E-state index in [4.69, 9.17) is 10.5 Å². The molecule has 18 heavy (non-hydrogen) atoms. The van der Waals surface area contributed by atoms with Crippen LogP contribution < -0.4 is 5.73 Å². The number of carbonyl (C=O) groups excluding carboxylic acids is 1. The number of hydrogen-bond acceptors (Lipinski definition) is 3. The molecule has 0 unspecified atom stereocenters. The van der Waals surface area contributed by atoms with Gasteiger partial charge in [0.25, 0.3) is 0 Å². The van der Waals surface area contributed by atoms with Gasteiger partial charge in [0.2, 0.25) is 0 Å². The summed E-state index contributed by atoms with van der Waals surface area (Å²) < 4.78 is 5.38. The van der Waals surface area contributed by atoms with Crippen molar-refractivity contribution in [3.63, 3.8) is 0 Å². The second kappa shape index (κ2) is 8.01. The Morgan fingerprint density at radius 1 is 1.33 bits per heavy atom. The molecule has 0 saturated heterocycles. The molecule has 106 valence electrons. The molecule has 4 heteroatoms. The van der Waals surface area contributed by atoms with E-state index in [0.717, 1.165) is 25.0 Å². The lowest BCUT2D eigenvalue weighted by molar-refractivity contribution is 0.0269. The smallest absolute Gasteiger partial charge is 0.410 e. The van der Waals surface area contributed by atoms with Crippen molar-refractivity contribution >= 4 is 6.09 Å². The van der Waals surface area contributed by atoms with Gasteiger partial charge in [0, 0.05) is 18.8 Å². The molecule has 0 fully saturated rings. The van der Waals surface area contributed by atoms with Crippen LogP contribution in [-0.2, 0) is 4.74 Å². The van der Waals surface area contributed by atoms with Crippen LogP contribution in [0.5, 0.6) is 0 Å². The molecule has 0 aromatic rings. The molecule has 0 aliphatic rings. The van der Waals surface area contributed by atoms with Crippen molar-refractivity contribution in [2.45, 2.75) is 59.5 Å². The van der Waals surface area contributed by atoms with Gasteiger partial charge >= 0.3 is 6.09 Å². The number of unbranched alkanes of at least 4 members (excludes halogenated alkanes) is 1. The van der Waals surface area contributed by atoms with Crippen LogP contribution in [0.4, 0.5) is 4.79 Å². The molecule has 0 saturated carbocycles. The second-order valence-electron chi connectivity index (χ2n) is 5.41. The van der Waals surface area contributed by atoms with E-state index in [9.17, 15) is 4.79 Å². The van der Waals surface area contributed by atoms with Crippen LogP contribution in [0.15, 0.2) is 11.8 Å². The zero-order valence-electron chi connectivity index (χ0n) is 12.5. The molecule has 4 nitrogen and oxygen atoms in total. The Morgan fingerprint density at radius 2 is 1.94 bits per heavy atom. The number of nitrogens with zero attached hydrogens (tertiary/aromatic N) is 1. The minimum absolute atomic E-state index is 0.267. The van der Waals surface area contributed by atoms with Gasteiger partial charge in [-0.3, -0.25) is 0 Å². The first-order valence-corrected chi connectivity index (χ1v) is 6.72. The van der Waals surface area contributed by atoms with E-state index in [1.165, 1.54) is 0 Å². The van der Waals surface area contributed by atoms with Crippen LogP contribution in [0.25, 0.3) is 0 Å². The van der Waals surface area contributed by atoms with Gasteiger partial charge in [0.1, 0.15) is 5.60 Å². The van der Waals surface area contributed by atoms with Crippen molar-refractivity contribution < 1.29 is 9.53 Å². The van der Waals surface area contributed by atoms with Crippen LogP contribution in [0.2, 0.25) is 0 Å². The molecule has 1 amide bonds. The average Bonchev–Trinajstić information content (AvgIpc) is 2.26. The minimum atomic E-state index is -0.457. The third-order valence-corrected chi connectivity index (χ3v) is 2.42. The Bertz CT molecular complexity index is 280. The lowest BCUT2D eigenvalue weighted by Gasteiger charge is -2.26. The largest absolute Gasteiger partial charge is 0.444 e. The van der Waals surface area contributed by atoms with Gasteiger partial charge in [-0.1, -0.05) is 20.3 Å². The zero-order valence-corrected chi connectivity index (χ0v) is 12.5. The summed E-state index contributed by atoms with van der Waals surface area (Å²) in [7, 11) is 0. The fourth-order valence-electron chi connectivity index (χ4n) is 1.30. The highest BCUT2D eigenvalue weighted by atomic mass is 16.6. The summed E-state index contributed by atoms with van der Waals surface area (Å²) >= 11 is 0. The van der Waals surface area contributed by atoms with Crippen LogP contribution >= 0.6 is 0 Å². The molecule has 0 atom stereocenters. The summed E-state index contributed by atoms with van der Waals surface area (Å²) in [6.07, 6.45) is 4.44. The number of allylic oxidation sites excluding steroid dienone is 1. The van der Waals surface area contributed by atoms with Crippen LogP contribution in [0.1, 0.15) is 53.9 Å². The first-order chi connectivity index (χ1) is 8.30. The lowest BCUT2D eigenvalue weighted by atomic mass is 10.2. The van der Waals surface area contributed by atoms with E-state index in [1.54, 1.807) is 4.90 Å². The van der Waals surface area contributed by atoms with Crippen molar-refractivity contribution in [3.8, 4) is 0 Å². The summed E-state index contributed by atoms with van der Waals surface area (Å²) in [4.78, 5) is 13.7. The summed E-state index contributed by atoms with van der Waals surface area (Å²) in [5, 5.41) is 0. The maximum atomic E-state index is 12.0. The normalized spacial score (nSPS) is 12.4. The number of nitrogens with two attached hydrogens (primary N) is 1. The van der Waals surface area contributed by atoms with Gasteiger partial charge < -0.3 is 15.4 Å². The number of ether oxygens (including phenoxy) is 1. The standard InChI is InChI=1S/C14H28N2O2/c1-6-8-10-16(11-9-12(15)7-2)13(17)18-14(3,4)5/h9H,6-8,10-11,15H2,1-5H3/b12-9+. The number of carbonyl (C=O) groups is 1. The highest BCUT2D eigenvalue weighted by Gasteiger charge is 2.20. The monoisotopic (exact) mass is 256 g/mol. The van der Waals surface area contributed by atoms with Gasteiger partial charge in [0.15, 0.2) is 0 Å². The van der Waals surface area contributed by atoms with E-state index in [-0.39, 0.29) is 6.09 Å². The topological polar surface area (TPSA) is 55.6 Å². The van der Waals surface area contributed by atoms with Crippen LogP contribution in [-0.4, -0.2) is 29.7 Å². The third-order valence-electron chi connectivity index (χ3n) is 2.42. The Balaban J connectivity index is 4.51. The summed E-state index contributed by atoms with van der Waals surface area (Å²) in [6.45, 7) is 10.9. The molecular weight excluding hydrogens is 228 g/mol. The molecule has 0 aliphatic carbocycles. The van der Waals surface area contributed by atoms with Crippen LogP contribution in [0, 0.1) is 0 Å². The van der Waals surface area contributed by atoms with Crippen molar-refractivity contribution in [1.29, 1.82) is 0 Å². The molecule has 0 aliphatic heterocycles. The minimum Gasteiger partial charge on any atom is -0.444 e. The molecule has 2 N–H and O–H groups in total. The molecule has 0 aromatic heterocycles.